The maximum absolute atomic E-state index is 10.8. The molecule has 1 aromatic rings. The third-order valence-electron chi connectivity index (χ3n) is 3.60. The van der Waals surface area contributed by atoms with Crippen LogP contribution in [-0.4, -0.2) is 21.7 Å². The summed E-state index contributed by atoms with van der Waals surface area (Å²) in [6, 6.07) is 1.68. The van der Waals surface area contributed by atoms with Gasteiger partial charge in [-0.05, 0) is 38.2 Å². The van der Waals surface area contributed by atoms with Crippen molar-refractivity contribution in [3.05, 3.63) is 23.4 Å². The Morgan fingerprint density at radius 1 is 1.44 bits per heavy atom. The molecule has 1 aromatic heterocycles. The van der Waals surface area contributed by atoms with Crippen LogP contribution in [0.2, 0.25) is 0 Å². The highest BCUT2D eigenvalue weighted by atomic mass is 16.5. The molecule has 1 saturated carbocycles. The van der Waals surface area contributed by atoms with Crippen molar-refractivity contribution in [1.29, 1.82) is 0 Å². The molecule has 0 radical (unpaired) electrons. The van der Waals surface area contributed by atoms with E-state index in [-0.39, 0.29) is 11.2 Å². The van der Waals surface area contributed by atoms with Crippen molar-refractivity contribution in [2.75, 3.05) is 0 Å². The SMILES string of the molecule is O=C(O)c1cnc2c(c1)CCC1(CCC1)O2. The zero-order chi connectivity index (χ0) is 11.2. The fourth-order valence-electron chi connectivity index (χ4n) is 2.43. The number of hydrogen-bond donors (Lipinski definition) is 1. The van der Waals surface area contributed by atoms with E-state index in [4.69, 9.17) is 9.84 Å². The molecule has 1 spiro atoms. The zero-order valence-electron chi connectivity index (χ0n) is 8.90. The predicted octanol–water partition coefficient (Wildman–Crippen LogP) is 2.03. The molecular formula is C12H13NO3. The van der Waals surface area contributed by atoms with E-state index in [1.54, 1.807) is 6.07 Å². The van der Waals surface area contributed by atoms with Gasteiger partial charge in [-0.25, -0.2) is 9.78 Å². The highest BCUT2D eigenvalue weighted by molar-refractivity contribution is 5.87. The first-order valence-electron chi connectivity index (χ1n) is 5.60. The summed E-state index contributed by atoms with van der Waals surface area (Å²) in [5, 5.41) is 8.87. The van der Waals surface area contributed by atoms with Crippen molar-refractivity contribution < 1.29 is 14.6 Å². The molecule has 4 nitrogen and oxygen atoms in total. The summed E-state index contributed by atoms with van der Waals surface area (Å²) in [6.45, 7) is 0. The fraction of sp³-hybridized carbons (Fsp3) is 0.500. The molecule has 1 fully saturated rings. The number of rotatable bonds is 1. The van der Waals surface area contributed by atoms with Gasteiger partial charge in [0, 0.05) is 11.8 Å². The monoisotopic (exact) mass is 219 g/mol. The van der Waals surface area contributed by atoms with Crippen LogP contribution < -0.4 is 4.74 Å². The topological polar surface area (TPSA) is 59.4 Å². The number of carboxylic acids is 1. The Hall–Kier alpha value is -1.58. The van der Waals surface area contributed by atoms with Crippen LogP contribution in [0.3, 0.4) is 0 Å². The van der Waals surface area contributed by atoms with Crippen LogP contribution in [0.1, 0.15) is 41.6 Å². The van der Waals surface area contributed by atoms with Crippen LogP contribution in [0.15, 0.2) is 12.3 Å². The Kier molecular flexibility index (Phi) is 1.93. The first-order chi connectivity index (χ1) is 7.69. The van der Waals surface area contributed by atoms with Crippen molar-refractivity contribution in [2.45, 2.75) is 37.7 Å². The zero-order valence-corrected chi connectivity index (χ0v) is 8.90. The van der Waals surface area contributed by atoms with Gasteiger partial charge in [0.25, 0.3) is 0 Å². The number of nitrogens with zero attached hydrogens (tertiary/aromatic N) is 1. The molecule has 0 unspecified atom stereocenters. The van der Waals surface area contributed by atoms with Crippen molar-refractivity contribution in [1.82, 2.24) is 4.98 Å². The minimum atomic E-state index is -0.931. The smallest absolute Gasteiger partial charge is 0.337 e. The van der Waals surface area contributed by atoms with Gasteiger partial charge in [-0.1, -0.05) is 0 Å². The second-order valence-electron chi connectivity index (χ2n) is 4.63. The van der Waals surface area contributed by atoms with Gasteiger partial charge in [-0.15, -0.1) is 0 Å². The maximum Gasteiger partial charge on any atom is 0.337 e. The second-order valence-corrected chi connectivity index (χ2v) is 4.63. The van der Waals surface area contributed by atoms with Gasteiger partial charge in [0.15, 0.2) is 0 Å². The third-order valence-corrected chi connectivity index (χ3v) is 3.60. The van der Waals surface area contributed by atoms with E-state index in [0.717, 1.165) is 31.2 Å². The Morgan fingerprint density at radius 2 is 2.25 bits per heavy atom. The second kappa shape index (κ2) is 3.20. The summed E-state index contributed by atoms with van der Waals surface area (Å²) < 4.78 is 5.89. The van der Waals surface area contributed by atoms with Crippen molar-refractivity contribution in [2.24, 2.45) is 0 Å². The van der Waals surface area contributed by atoms with Crippen LogP contribution in [0.5, 0.6) is 5.88 Å². The van der Waals surface area contributed by atoms with Crippen LogP contribution in [0.25, 0.3) is 0 Å². The van der Waals surface area contributed by atoms with Gasteiger partial charge < -0.3 is 9.84 Å². The lowest BCUT2D eigenvalue weighted by Crippen LogP contribution is -2.46. The van der Waals surface area contributed by atoms with E-state index in [2.05, 4.69) is 4.98 Å². The molecule has 16 heavy (non-hydrogen) atoms. The third kappa shape index (κ3) is 1.37. The molecule has 4 heteroatoms. The molecule has 1 aliphatic heterocycles. The standard InChI is InChI=1S/C12H13NO3/c14-11(15)9-6-8-2-5-12(3-1-4-12)16-10(8)13-7-9/h6-7H,1-5H2,(H,14,15). The van der Waals surface area contributed by atoms with Crippen LogP contribution in [-0.2, 0) is 6.42 Å². The normalized spacial score (nSPS) is 20.8. The van der Waals surface area contributed by atoms with Gasteiger partial charge in [-0.2, -0.15) is 0 Å². The molecule has 2 heterocycles. The Bertz CT molecular complexity index is 452. The van der Waals surface area contributed by atoms with Crippen molar-refractivity contribution in [3.63, 3.8) is 0 Å². The number of aromatic nitrogens is 1. The predicted molar refractivity (Wildman–Crippen MR) is 56.7 cm³/mol. The molecule has 84 valence electrons. The fourth-order valence-corrected chi connectivity index (χ4v) is 2.43. The van der Waals surface area contributed by atoms with E-state index in [1.807, 2.05) is 0 Å². The number of hydrogen-bond acceptors (Lipinski definition) is 3. The first kappa shape index (κ1) is 9.63. The molecule has 0 saturated heterocycles. The molecular weight excluding hydrogens is 206 g/mol. The minimum Gasteiger partial charge on any atom is -0.478 e. The van der Waals surface area contributed by atoms with Gasteiger partial charge in [0.05, 0.1) is 5.56 Å². The van der Waals surface area contributed by atoms with E-state index in [9.17, 15) is 4.79 Å². The Balaban J connectivity index is 1.92. The maximum atomic E-state index is 10.8. The number of ether oxygens (including phenoxy) is 1. The summed E-state index contributed by atoms with van der Waals surface area (Å²) in [6.07, 6.45) is 6.68. The molecule has 0 bridgehead atoms. The van der Waals surface area contributed by atoms with Gasteiger partial charge in [0.2, 0.25) is 5.88 Å². The lowest BCUT2D eigenvalue weighted by Gasteiger charge is -2.44. The van der Waals surface area contributed by atoms with Gasteiger partial charge in [-0.3, -0.25) is 0 Å². The number of carbonyl (C=O) groups is 1. The summed E-state index contributed by atoms with van der Waals surface area (Å²) in [7, 11) is 0. The average molecular weight is 219 g/mol. The summed E-state index contributed by atoms with van der Waals surface area (Å²) in [4.78, 5) is 14.9. The summed E-state index contributed by atoms with van der Waals surface area (Å²) in [5.74, 6) is -0.296. The van der Waals surface area contributed by atoms with Crippen molar-refractivity contribution >= 4 is 5.97 Å². The number of carboxylic acid groups (broad SMARTS) is 1. The average Bonchev–Trinajstić information content (AvgIpc) is 2.25. The van der Waals surface area contributed by atoms with E-state index >= 15 is 0 Å². The quantitative estimate of drug-likeness (QED) is 0.785. The molecule has 0 amide bonds. The molecule has 0 aromatic carbocycles. The largest absolute Gasteiger partial charge is 0.478 e. The minimum absolute atomic E-state index is 0.0186. The van der Waals surface area contributed by atoms with Gasteiger partial charge >= 0.3 is 5.97 Å². The van der Waals surface area contributed by atoms with E-state index in [0.29, 0.717) is 5.88 Å². The lowest BCUT2D eigenvalue weighted by molar-refractivity contribution is -0.0289. The molecule has 2 aliphatic rings. The van der Waals surface area contributed by atoms with Crippen molar-refractivity contribution in [3.8, 4) is 5.88 Å². The molecule has 3 rings (SSSR count). The number of aryl methyl sites for hydroxylation is 1. The molecule has 1 aliphatic carbocycles. The first-order valence-corrected chi connectivity index (χ1v) is 5.60. The Morgan fingerprint density at radius 3 is 2.88 bits per heavy atom. The summed E-state index contributed by atoms with van der Waals surface area (Å²) >= 11 is 0. The van der Waals surface area contributed by atoms with Crippen LogP contribution in [0.4, 0.5) is 0 Å². The van der Waals surface area contributed by atoms with E-state index < -0.39 is 5.97 Å². The lowest BCUT2D eigenvalue weighted by atomic mass is 9.75. The number of pyridine rings is 1. The highest BCUT2D eigenvalue weighted by Crippen LogP contribution is 2.44. The molecule has 0 atom stereocenters. The number of aromatic carboxylic acids is 1. The summed E-state index contributed by atoms with van der Waals surface area (Å²) in [5.41, 5.74) is 1.19. The molecule has 1 N–H and O–H groups in total. The van der Waals surface area contributed by atoms with E-state index in [1.165, 1.54) is 12.6 Å². The van der Waals surface area contributed by atoms with Crippen LogP contribution >= 0.6 is 0 Å². The highest BCUT2D eigenvalue weighted by Gasteiger charge is 2.42. The number of fused-ring (bicyclic) bond motifs is 1. The van der Waals surface area contributed by atoms with Crippen LogP contribution in [0, 0.1) is 0 Å². The van der Waals surface area contributed by atoms with Gasteiger partial charge in [0.1, 0.15) is 5.60 Å². The Labute approximate surface area is 93.3 Å².